The van der Waals surface area contributed by atoms with Crippen molar-refractivity contribution >= 4 is 24.2 Å². The maximum Gasteiger partial charge on any atom is 0.135 e. The van der Waals surface area contributed by atoms with Gasteiger partial charge in [0.25, 0.3) is 0 Å². The average Bonchev–Trinajstić information content (AvgIpc) is 2.21. The van der Waals surface area contributed by atoms with E-state index in [1.54, 1.807) is 0 Å². The molecule has 0 heterocycles. The molecule has 0 bridgehead atoms. The SMILES string of the molecule is CNC(=O)[O-].Cc1ccc([N+](C)(C)C)cc1O.Cl. The number of phenols is 1. The number of carboxylic acid groups (broad SMARTS) is 1. The van der Waals surface area contributed by atoms with Gasteiger partial charge in [0.2, 0.25) is 0 Å². The van der Waals surface area contributed by atoms with Crippen LogP contribution < -0.4 is 14.9 Å². The quantitative estimate of drug-likeness (QED) is 0.748. The molecule has 0 aliphatic carbocycles. The molecule has 1 amide bonds. The number of carbonyl (C=O) groups is 1. The third-order valence-corrected chi connectivity index (χ3v) is 2.17. The molecule has 5 nitrogen and oxygen atoms in total. The predicted octanol–water partition coefficient (Wildman–Crippen LogP) is 0.868. The smallest absolute Gasteiger partial charge is 0.135 e. The molecule has 1 aromatic carbocycles. The van der Waals surface area contributed by atoms with E-state index in [-0.39, 0.29) is 12.4 Å². The summed E-state index contributed by atoms with van der Waals surface area (Å²) in [6.07, 6.45) is -1.25. The summed E-state index contributed by atoms with van der Waals surface area (Å²) >= 11 is 0. The van der Waals surface area contributed by atoms with Crippen molar-refractivity contribution in [2.24, 2.45) is 0 Å². The minimum absolute atomic E-state index is 0. The summed E-state index contributed by atoms with van der Waals surface area (Å²) in [5.74, 6) is 0.376. The van der Waals surface area contributed by atoms with Gasteiger partial charge in [0.1, 0.15) is 17.5 Å². The van der Waals surface area contributed by atoms with Crippen LogP contribution in [-0.2, 0) is 0 Å². The van der Waals surface area contributed by atoms with Gasteiger partial charge in [-0.05, 0) is 24.6 Å². The lowest BCUT2D eigenvalue weighted by Crippen LogP contribution is -2.34. The first-order valence-corrected chi connectivity index (χ1v) is 5.19. The number of benzene rings is 1. The fourth-order valence-electron chi connectivity index (χ4n) is 1.02. The summed E-state index contributed by atoms with van der Waals surface area (Å²) in [6, 6.07) is 5.79. The summed E-state index contributed by atoms with van der Waals surface area (Å²) in [6.45, 7) is 1.90. The lowest BCUT2D eigenvalue weighted by Gasteiger charge is -2.23. The van der Waals surface area contributed by atoms with Crippen LogP contribution in [0.4, 0.5) is 10.5 Å². The van der Waals surface area contributed by atoms with Gasteiger partial charge >= 0.3 is 0 Å². The normalized spacial score (nSPS) is 9.61. The molecule has 0 aliphatic rings. The van der Waals surface area contributed by atoms with E-state index in [2.05, 4.69) is 21.1 Å². The molecular formula is C12H21ClN2O3. The number of aryl methyl sites for hydroxylation is 1. The fourth-order valence-corrected chi connectivity index (χ4v) is 1.02. The van der Waals surface area contributed by atoms with Crippen LogP contribution in [0.15, 0.2) is 18.2 Å². The number of phenolic OH excluding ortho intramolecular Hbond substituents is 1. The maximum atomic E-state index is 9.45. The molecule has 0 fully saturated rings. The Balaban J connectivity index is 0. The second kappa shape index (κ2) is 7.79. The zero-order chi connectivity index (χ0) is 13.6. The second-order valence-electron chi connectivity index (χ2n) is 4.52. The molecule has 0 atom stereocenters. The lowest BCUT2D eigenvalue weighted by molar-refractivity contribution is -0.250. The zero-order valence-electron chi connectivity index (χ0n) is 11.4. The number of amides is 1. The highest BCUT2D eigenvalue weighted by Gasteiger charge is 2.12. The lowest BCUT2D eigenvalue weighted by atomic mass is 10.2. The van der Waals surface area contributed by atoms with Crippen molar-refractivity contribution in [2.75, 3.05) is 28.2 Å². The van der Waals surface area contributed by atoms with Crippen molar-refractivity contribution < 1.29 is 15.0 Å². The van der Waals surface area contributed by atoms with Gasteiger partial charge in [0.05, 0.1) is 21.1 Å². The molecular weight excluding hydrogens is 256 g/mol. The van der Waals surface area contributed by atoms with E-state index in [9.17, 15) is 5.11 Å². The molecule has 2 N–H and O–H groups in total. The largest absolute Gasteiger partial charge is 0.530 e. The summed E-state index contributed by atoms with van der Waals surface area (Å²) in [5, 5.41) is 20.4. The van der Waals surface area contributed by atoms with Crippen molar-refractivity contribution in [1.82, 2.24) is 9.80 Å². The highest BCUT2D eigenvalue weighted by atomic mass is 35.5. The topological polar surface area (TPSA) is 72.4 Å². The van der Waals surface area contributed by atoms with Gasteiger partial charge in [-0.3, -0.25) is 4.48 Å². The Bertz CT molecular complexity index is 389. The van der Waals surface area contributed by atoms with Crippen molar-refractivity contribution in [2.45, 2.75) is 6.92 Å². The first-order chi connectivity index (χ1) is 7.68. The van der Waals surface area contributed by atoms with E-state index < -0.39 is 6.09 Å². The molecule has 0 aromatic heterocycles. The molecule has 18 heavy (non-hydrogen) atoms. The second-order valence-corrected chi connectivity index (χ2v) is 4.52. The first-order valence-electron chi connectivity index (χ1n) is 5.19. The summed E-state index contributed by atoms with van der Waals surface area (Å²) < 4.78 is 0.730. The van der Waals surface area contributed by atoms with Gasteiger partial charge < -0.3 is 20.3 Å². The number of rotatable bonds is 1. The predicted molar refractivity (Wildman–Crippen MR) is 74.1 cm³/mol. The monoisotopic (exact) mass is 276 g/mol. The van der Waals surface area contributed by atoms with Crippen LogP contribution in [0.1, 0.15) is 5.56 Å². The van der Waals surface area contributed by atoms with Crippen LogP contribution in [0, 0.1) is 6.92 Å². The Labute approximate surface area is 114 Å². The molecule has 0 unspecified atom stereocenters. The van der Waals surface area contributed by atoms with Crippen LogP contribution in [0.5, 0.6) is 5.75 Å². The number of halogens is 1. The van der Waals surface area contributed by atoms with Crippen LogP contribution in [0.3, 0.4) is 0 Å². The Morgan fingerprint density at radius 3 is 2.06 bits per heavy atom. The van der Waals surface area contributed by atoms with Crippen molar-refractivity contribution in [3.8, 4) is 5.75 Å². The molecule has 0 aliphatic heterocycles. The summed E-state index contributed by atoms with van der Waals surface area (Å²) in [7, 11) is 7.51. The number of aromatic hydroxyl groups is 1. The number of nitrogens with one attached hydrogen (secondary N) is 1. The molecule has 0 radical (unpaired) electrons. The third kappa shape index (κ3) is 6.98. The molecule has 0 spiro atoms. The zero-order valence-corrected chi connectivity index (χ0v) is 12.2. The standard InChI is InChI=1S/C10H15NO.C2H5NO2.ClH/c1-8-5-6-9(7-10(8)12)11(2,3)4;1-3-2(4)5;/h5-7H,1-4H3;3H,1H3,(H,4,5);1H. The molecule has 0 saturated heterocycles. The van der Waals surface area contributed by atoms with Gasteiger partial charge in [0.15, 0.2) is 0 Å². The van der Waals surface area contributed by atoms with E-state index >= 15 is 0 Å². The summed E-state index contributed by atoms with van der Waals surface area (Å²) in [5.41, 5.74) is 2.03. The number of nitrogens with zero attached hydrogens (tertiary/aromatic N) is 1. The van der Waals surface area contributed by atoms with E-state index in [4.69, 9.17) is 9.90 Å². The first kappa shape index (κ1) is 18.9. The van der Waals surface area contributed by atoms with Crippen molar-refractivity contribution in [3.63, 3.8) is 0 Å². The van der Waals surface area contributed by atoms with E-state index in [0.29, 0.717) is 5.75 Å². The maximum absolute atomic E-state index is 9.45. The van der Waals surface area contributed by atoms with E-state index in [0.717, 1.165) is 15.7 Å². The minimum Gasteiger partial charge on any atom is -0.530 e. The highest BCUT2D eigenvalue weighted by molar-refractivity contribution is 5.85. The Morgan fingerprint density at radius 1 is 1.33 bits per heavy atom. The highest BCUT2D eigenvalue weighted by Crippen LogP contribution is 2.24. The van der Waals surface area contributed by atoms with Crippen LogP contribution >= 0.6 is 12.4 Å². The molecule has 6 heteroatoms. The Hall–Kier alpha value is -1.46. The van der Waals surface area contributed by atoms with Gasteiger partial charge in [-0.15, -0.1) is 12.4 Å². The van der Waals surface area contributed by atoms with Crippen molar-refractivity contribution in [3.05, 3.63) is 23.8 Å². The van der Waals surface area contributed by atoms with Gasteiger partial charge in [0, 0.05) is 13.1 Å². The van der Waals surface area contributed by atoms with Crippen LogP contribution in [-0.4, -0.2) is 39.4 Å². The Kier molecular flexibility index (Phi) is 8.17. The Morgan fingerprint density at radius 2 is 1.78 bits per heavy atom. The number of hydrogen-bond acceptors (Lipinski definition) is 3. The molecule has 104 valence electrons. The molecule has 1 rings (SSSR count). The van der Waals surface area contributed by atoms with Gasteiger partial charge in [-0.2, -0.15) is 0 Å². The number of carbonyl (C=O) groups excluding carboxylic acids is 1. The average molecular weight is 277 g/mol. The van der Waals surface area contributed by atoms with Gasteiger partial charge in [-0.25, -0.2) is 0 Å². The summed E-state index contributed by atoms with van der Waals surface area (Å²) in [4.78, 5) is 9.15. The van der Waals surface area contributed by atoms with E-state index in [1.165, 1.54) is 7.05 Å². The fraction of sp³-hybridized carbons (Fsp3) is 0.417. The number of hydrogen-bond donors (Lipinski definition) is 2. The van der Waals surface area contributed by atoms with Crippen LogP contribution in [0.2, 0.25) is 0 Å². The third-order valence-electron chi connectivity index (χ3n) is 2.17. The molecule has 0 saturated carbocycles. The minimum atomic E-state index is -1.25. The van der Waals surface area contributed by atoms with E-state index in [1.807, 2.05) is 30.4 Å². The van der Waals surface area contributed by atoms with Gasteiger partial charge in [-0.1, -0.05) is 0 Å². The molecule has 1 aromatic rings. The number of quaternary nitrogens is 1. The van der Waals surface area contributed by atoms with Crippen LogP contribution in [0.25, 0.3) is 0 Å². The van der Waals surface area contributed by atoms with Crippen molar-refractivity contribution in [1.29, 1.82) is 0 Å².